The predicted octanol–water partition coefficient (Wildman–Crippen LogP) is 2.65. The number of hydrogen-bond acceptors (Lipinski definition) is 3. The molecule has 1 aromatic carbocycles. The molecule has 1 unspecified atom stereocenters. The van der Waals surface area contributed by atoms with Crippen LogP contribution in [0.15, 0.2) is 29.8 Å². The zero-order valence-corrected chi connectivity index (χ0v) is 11.1. The van der Waals surface area contributed by atoms with E-state index in [-0.39, 0.29) is 12.2 Å². The summed E-state index contributed by atoms with van der Waals surface area (Å²) in [5, 5.41) is 8.94. The monoisotopic (exact) mass is 262 g/mol. The van der Waals surface area contributed by atoms with Gasteiger partial charge in [0.15, 0.2) is 0 Å². The second-order valence-electron chi connectivity index (χ2n) is 4.69. The lowest BCUT2D eigenvalue weighted by Crippen LogP contribution is -2.07. The van der Waals surface area contributed by atoms with Crippen LogP contribution in [0.2, 0.25) is 0 Å². The minimum atomic E-state index is -0.908. The van der Waals surface area contributed by atoms with Gasteiger partial charge in [0.05, 0.1) is 19.3 Å². The lowest BCUT2D eigenvalue weighted by molar-refractivity contribution is -0.132. The Bertz CT molecular complexity index is 489. The van der Waals surface area contributed by atoms with Crippen LogP contribution in [-0.2, 0) is 14.3 Å². The molecule has 19 heavy (non-hydrogen) atoms. The van der Waals surface area contributed by atoms with E-state index >= 15 is 0 Å². The summed E-state index contributed by atoms with van der Waals surface area (Å²) in [6.07, 6.45) is 1.81. The number of ether oxygens (including phenoxy) is 2. The molecule has 1 N–H and O–H groups in total. The molecular weight excluding hydrogens is 244 g/mol. The van der Waals surface area contributed by atoms with Crippen molar-refractivity contribution in [2.75, 3.05) is 13.2 Å². The molecule has 4 nitrogen and oxygen atoms in total. The van der Waals surface area contributed by atoms with Crippen molar-refractivity contribution in [1.82, 2.24) is 0 Å². The van der Waals surface area contributed by atoms with E-state index in [9.17, 15) is 4.79 Å². The highest BCUT2D eigenvalue weighted by atomic mass is 16.6. The Morgan fingerprint density at radius 1 is 1.58 bits per heavy atom. The predicted molar refractivity (Wildman–Crippen MR) is 71.8 cm³/mol. The van der Waals surface area contributed by atoms with Gasteiger partial charge < -0.3 is 14.6 Å². The molecule has 1 heterocycles. The molecule has 0 bridgehead atoms. The van der Waals surface area contributed by atoms with Gasteiger partial charge in [-0.2, -0.15) is 0 Å². The molecule has 4 heteroatoms. The highest BCUT2D eigenvalue weighted by Crippen LogP contribution is 2.24. The second kappa shape index (κ2) is 5.99. The third-order valence-corrected chi connectivity index (χ3v) is 3.08. The molecule has 0 spiro atoms. The number of rotatable bonds is 6. The number of hydrogen-bond donors (Lipinski definition) is 1. The molecule has 0 saturated carbocycles. The smallest absolute Gasteiger partial charge is 0.331 e. The van der Waals surface area contributed by atoms with Gasteiger partial charge in [-0.15, -0.1) is 0 Å². The third kappa shape index (κ3) is 3.91. The van der Waals surface area contributed by atoms with Gasteiger partial charge in [0.25, 0.3) is 0 Å². The van der Waals surface area contributed by atoms with Gasteiger partial charge in [-0.3, -0.25) is 0 Å². The lowest BCUT2D eigenvalue weighted by atomic mass is 10.0. The van der Waals surface area contributed by atoms with Gasteiger partial charge in [0.2, 0.25) is 0 Å². The van der Waals surface area contributed by atoms with E-state index in [2.05, 4.69) is 0 Å². The number of aliphatic carboxylic acids is 1. The Kier molecular flexibility index (Phi) is 4.35. The van der Waals surface area contributed by atoms with Crippen LogP contribution in [0.25, 0.3) is 6.08 Å². The summed E-state index contributed by atoms with van der Waals surface area (Å²) >= 11 is 0. The first-order chi connectivity index (χ1) is 9.08. The van der Waals surface area contributed by atoms with Gasteiger partial charge in [-0.05, 0) is 31.1 Å². The highest BCUT2D eigenvalue weighted by molar-refractivity contribution is 5.91. The molecule has 0 aromatic heterocycles. The molecule has 1 aliphatic rings. The van der Waals surface area contributed by atoms with Crippen molar-refractivity contribution in [3.8, 4) is 0 Å². The first-order valence-corrected chi connectivity index (χ1v) is 6.31. The number of carboxylic acid groups (broad SMARTS) is 1. The van der Waals surface area contributed by atoms with E-state index in [0.717, 1.165) is 17.7 Å². The average Bonchev–Trinajstić information content (AvgIpc) is 3.20. The molecule has 1 saturated heterocycles. The molecule has 0 aliphatic carbocycles. The number of benzene rings is 1. The molecular formula is C15H18O4. The lowest BCUT2D eigenvalue weighted by Gasteiger charge is -2.15. The Balaban J connectivity index is 2.14. The topological polar surface area (TPSA) is 59.1 Å². The van der Waals surface area contributed by atoms with Crippen LogP contribution in [-0.4, -0.2) is 30.4 Å². The van der Waals surface area contributed by atoms with E-state index in [0.29, 0.717) is 12.2 Å². The van der Waals surface area contributed by atoms with Gasteiger partial charge in [0, 0.05) is 5.57 Å². The maximum absolute atomic E-state index is 10.9. The molecule has 1 fully saturated rings. The van der Waals surface area contributed by atoms with Crippen molar-refractivity contribution in [1.29, 1.82) is 0 Å². The van der Waals surface area contributed by atoms with Crippen LogP contribution >= 0.6 is 0 Å². The number of carbonyl (C=O) groups is 1. The van der Waals surface area contributed by atoms with Crippen molar-refractivity contribution in [2.45, 2.75) is 26.1 Å². The van der Waals surface area contributed by atoms with Crippen LogP contribution < -0.4 is 0 Å². The quantitative estimate of drug-likeness (QED) is 0.632. The van der Waals surface area contributed by atoms with Gasteiger partial charge in [-0.25, -0.2) is 4.79 Å². The van der Waals surface area contributed by atoms with Crippen LogP contribution in [0.1, 0.15) is 31.1 Å². The molecule has 1 aliphatic heterocycles. The molecule has 1 aromatic rings. The molecule has 102 valence electrons. The Morgan fingerprint density at radius 3 is 2.89 bits per heavy atom. The summed E-state index contributed by atoms with van der Waals surface area (Å²) in [6, 6.07) is 7.67. The van der Waals surface area contributed by atoms with E-state index in [1.165, 1.54) is 0 Å². The zero-order chi connectivity index (χ0) is 13.8. The van der Waals surface area contributed by atoms with E-state index in [1.54, 1.807) is 13.0 Å². The first kappa shape index (κ1) is 13.8. The fourth-order valence-electron chi connectivity index (χ4n) is 1.81. The minimum absolute atomic E-state index is 0.0850. The fourth-order valence-corrected chi connectivity index (χ4v) is 1.81. The average molecular weight is 262 g/mol. The van der Waals surface area contributed by atoms with Crippen LogP contribution in [0.5, 0.6) is 0 Å². The number of epoxide rings is 1. The summed E-state index contributed by atoms with van der Waals surface area (Å²) in [5.41, 5.74) is 2.18. The summed E-state index contributed by atoms with van der Waals surface area (Å²) in [5.74, 6) is -0.908. The third-order valence-electron chi connectivity index (χ3n) is 3.08. The second-order valence-corrected chi connectivity index (χ2v) is 4.69. The zero-order valence-electron chi connectivity index (χ0n) is 11.1. The standard InChI is InChI=1S/C15H18O4/c1-10(15(16)17)7-12-5-3-4-6-14(12)11(2)18-8-13-9-19-13/h3-7,11,13H,8-9H2,1-2H3,(H,16,17)/t11-,13?/m1/s1. The molecule has 2 rings (SSSR count). The Morgan fingerprint density at radius 2 is 2.26 bits per heavy atom. The molecule has 2 atom stereocenters. The Hall–Kier alpha value is -1.65. The fraction of sp³-hybridized carbons (Fsp3) is 0.400. The van der Waals surface area contributed by atoms with Gasteiger partial charge in [0.1, 0.15) is 6.10 Å². The van der Waals surface area contributed by atoms with Crippen molar-refractivity contribution in [3.05, 3.63) is 41.0 Å². The summed E-state index contributed by atoms with van der Waals surface area (Å²) < 4.78 is 10.8. The molecule has 0 amide bonds. The summed E-state index contributed by atoms with van der Waals surface area (Å²) in [7, 11) is 0. The van der Waals surface area contributed by atoms with E-state index in [1.807, 2.05) is 31.2 Å². The van der Waals surface area contributed by atoms with Gasteiger partial charge >= 0.3 is 5.97 Å². The maximum atomic E-state index is 10.9. The first-order valence-electron chi connectivity index (χ1n) is 6.31. The van der Waals surface area contributed by atoms with Crippen molar-refractivity contribution < 1.29 is 19.4 Å². The largest absolute Gasteiger partial charge is 0.478 e. The van der Waals surface area contributed by atoms with Crippen molar-refractivity contribution >= 4 is 12.0 Å². The SMILES string of the molecule is CC(=Cc1ccccc1[C@@H](C)OCC1CO1)C(=O)O. The molecule has 0 radical (unpaired) electrons. The summed E-state index contributed by atoms with van der Waals surface area (Å²) in [4.78, 5) is 10.9. The van der Waals surface area contributed by atoms with E-state index < -0.39 is 5.97 Å². The minimum Gasteiger partial charge on any atom is -0.478 e. The van der Waals surface area contributed by atoms with E-state index in [4.69, 9.17) is 14.6 Å². The van der Waals surface area contributed by atoms with Crippen molar-refractivity contribution in [3.63, 3.8) is 0 Å². The van der Waals surface area contributed by atoms with Gasteiger partial charge in [-0.1, -0.05) is 24.3 Å². The Labute approximate surface area is 112 Å². The van der Waals surface area contributed by atoms with Crippen LogP contribution in [0, 0.1) is 0 Å². The van der Waals surface area contributed by atoms with Crippen LogP contribution in [0.3, 0.4) is 0 Å². The maximum Gasteiger partial charge on any atom is 0.331 e. The normalized spacial score (nSPS) is 20.1. The number of carboxylic acids is 1. The van der Waals surface area contributed by atoms with Crippen LogP contribution in [0.4, 0.5) is 0 Å². The highest BCUT2D eigenvalue weighted by Gasteiger charge is 2.24. The summed E-state index contributed by atoms with van der Waals surface area (Å²) in [6.45, 7) is 4.90. The van der Waals surface area contributed by atoms with Crippen molar-refractivity contribution in [2.24, 2.45) is 0 Å².